The summed E-state index contributed by atoms with van der Waals surface area (Å²) in [4.78, 5) is 22.4. The molecule has 0 unspecified atom stereocenters. The number of aryl methyl sites for hydroxylation is 1. The van der Waals surface area contributed by atoms with Crippen molar-refractivity contribution < 1.29 is 19.4 Å². The van der Waals surface area contributed by atoms with Gasteiger partial charge in [0.25, 0.3) is 0 Å². The molecular weight excluding hydrogens is 210 g/mol. The van der Waals surface area contributed by atoms with Crippen LogP contribution in [0.15, 0.2) is 12.1 Å². The third-order valence-electron chi connectivity index (χ3n) is 2.05. The van der Waals surface area contributed by atoms with Crippen LogP contribution in [-0.2, 0) is 9.53 Å². The molecule has 0 saturated carbocycles. The lowest BCUT2D eigenvalue weighted by molar-refractivity contribution is -0.114. The maximum absolute atomic E-state index is 11.4. The summed E-state index contributed by atoms with van der Waals surface area (Å²) < 4.78 is 4.58. The smallest absolute Gasteiger partial charge is 0.339 e. The summed E-state index contributed by atoms with van der Waals surface area (Å²) in [5, 5.41) is 11.9. The molecule has 0 aliphatic rings. The molecule has 2 N–H and O–H groups in total. The van der Waals surface area contributed by atoms with E-state index in [1.807, 2.05) is 0 Å². The van der Waals surface area contributed by atoms with Crippen molar-refractivity contribution in [2.75, 3.05) is 12.4 Å². The van der Waals surface area contributed by atoms with Gasteiger partial charge in [0.1, 0.15) is 5.75 Å². The van der Waals surface area contributed by atoms with Crippen LogP contribution >= 0.6 is 0 Å². The average Bonchev–Trinajstić information content (AvgIpc) is 2.21. The second kappa shape index (κ2) is 4.65. The standard InChI is InChI=1S/C11H13NO4/c1-6-4-8(11(15)16-3)9(5-10(6)14)12-7(2)13/h4-5,14H,1-3H3,(H,12,13). The topological polar surface area (TPSA) is 75.6 Å². The number of methoxy groups -OCH3 is 1. The van der Waals surface area contributed by atoms with E-state index in [-0.39, 0.29) is 22.9 Å². The SMILES string of the molecule is COC(=O)c1cc(C)c(O)cc1NC(C)=O. The van der Waals surface area contributed by atoms with Gasteiger partial charge in [0, 0.05) is 13.0 Å². The molecule has 16 heavy (non-hydrogen) atoms. The van der Waals surface area contributed by atoms with Crippen molar-refractivity contribution in [2.45, 2.75) is 13.8 Å². The van der Waals surface area contributed by atoms with Gasteiger partial charge in [-0.1, -0.05) is 0 Å². The summed E-state index contributed by atoms with van der Waals surface area (Å²) in [6, 6.07) is 2.79. The zero-order valence-corrected chi connectivity index (χ0v) is 9.33. The molecule has 0 spiro atoms. The summed E-state index contributed by atoms with van der Waals surface area (Å²) in [6.45, 7) is 2.97. The Kier molecular flexibility index (Phi) is 3.50. The molecule has 0 radical (unpaired) electrons. The van der Waals surface area contributed by atoms with Gasteiger partial charge in [0.05, 0.1) is 18.4 Å². The van der Waals surface area contributed by atoms with Crippen molar-refractivity contribution in [2.24, 2.45) is 0 Å². The van der Waals surface area contributed by atoms with Crippen LogP contribution in [0, 0.1) is 6.92 Å². The zero-order chi connectivity index (χ0) is 12.3. The van der Waals surface area contributed by atoms with Crippen molar-refractivity contribution in [3.63, 3.8) is 0 Å². The van der Waals surface area contributed by atoms with E-state index < -0.39 is 5.97 Å². The lowest BCUT2D eigenvalue weighted by Gasteiger charge is -2.10. The highest BCUT2D eigenvalue weighted by atomic mass is 16.5. The van der Waals surface area contributed by atoms with Crippen LogP contribution in [0.1, 0.15) is 22.8 Å². The molecule has 0 saturated heterocycles. The molecule has 1 aromatic rings. The molecule has 0 aliphatic carbocycles. The molecule has 0 fully saturated rings. The Morgan fingerprint density at radius 2 is 2.00 bits per heavy atom. The number of carbonyl (C=O) groups excluding carboxylic acids is 2. The second-order valence-corrected chi connectivity index (χ2v) is 3.36. The van der Waals surface area contributed by atoms with Gasteiger partial charge in [0.2, 0.25) is 5.91 Å². The van der Waals surface area contributed by atoms with E-state index in [1.165, 1.54) is 26.2 Å². The Balaban J connectivity index is 3.27. The van der Waals surface area contributed by atoms with E-state index in [0.717, 1.165) is 0 Å². The second-order valence-electron chi connectivity index (χ2n) is 3.36. The predicted molar refractivity (Wildman–Crippen MR) is 58.5 cm³/mol. The molecule has 0 aromatic heterocycles. The fourth-order valence-corrected chi connectivity index (χ4v) is 1.27. The molecule has 1 aromatic carbocycles. The normalized spacial score (nSPS) is 9.69. The van der Waals surface area contributed by atoms with Crippen LogP contribution < -0.4 is 5.32 Å². The molecule has 5 nitrogen and oxygen atoms in total. The lowest BCUT2D eigenvalue weighted by Crippen LogP contribution is -2.12. The van der Waals surface area contributed by atoms with Gasteiger partial charge in [-0.3, -0.25) is 4.79 Å². The number of hydrogen-bond donors (Lipinski definition) is 2. The van der Waals surface area contributed by atoms with Crippen molar-refractivity contribution in [1.29, 1.82) is 0 Å². The highest BCUT2D eigenvalue weighted by Gasteiger charge is 2.15. The predicted octanol–water partition coefficient (Wildman–Crippen LogP) is 1.45. The monoisotopic (exact) mass is 223 g/mol. The quantitative estimate of drug-likeness (QED) is 0.744. The summed E-state index contributed by atoms with van der Waals surface area (Å²) in [6.07, 6.45) is 0. The van der Waals surface area contributed by atoms with Crippen molar-refractivity contribution in [1.82, 2.24) is 0 Å². The Morgan fingerprint density at radius 3 is 2.50 bits per heavy atom. The van der Waals surface area contributed by atoms with Gasteiger partial charge in [-0.05, 0) is 18.6 Å². The minimum atomic E-state index is -0.563. The number of amides is 1. The number of esters is 1. The summed E-state index contributed by atoms with van der Waals surface area (Å²) in [5.41, 5.74) is 0.991. The minimum Gasteiger partial charge on any atom is -0.508 e. The molecule has 0 aliphatic heterocycles. The third-order valence-corrected chi connectivity index (χ3v) is 2.05. The van der Waals surface area contributed by atoms with Gasteiger partial charge in [-0.25, -0.2) is 4.79 Å². The largest absolute Gasteiger partial charge is 0.508 e. The Bertz CT molecular complexity index is 440. The minimum absolute atomic E-state index is 0.0106. The number of phenols is 1. The third kappa shape index (κ3) is 2.50. The first-order chi connectivity index (χ1) is 7.45. The molecule has 0 atom stereocenters. The molecule has 5 heteroatoms. The van der Waals surface area contributed by atoms with E-state index in [2.05, 4.69) is 10.1 Å². The number of benzene rings is 1. The van der Waals surface area contributed by atoms with Crippen LogP contribution in [0.25, 0.3) is 0 Å². The number of anilines is 1. The number of carbonyl (C=O) groups is 2. The summed E-state index contributed by atoms with van der Waals surface area (Å²) in [7, 11) is 1.25. The molecule has 1 rings (SSSR count). The number of hydrogen-bond acceptors (Lipinski definition) is 4. The first-order valence-electron chi connectivity index (χ1n) is 4.65. The van der Waals surface area contributed by atoms with Crippen LogP contribution in [0.4, 0.5) is 5.69 Å². The van der Waals surface area contributed by atoms with Crippen LogP contribution in [0.5, 0.6) is 5.75 Å². The van der Waals surface area contributed by atoms with E-state index in [9.17, 15) is 14.7 Å². The van der Waals surface area contributed by atoms with Gasteiger partial charge in [-0.2, -0.15) is 0 Å². The molecular formula is C11H13NO4. The van der Waals surface area contributed by atoms with Gasteiger partial charge in [-0.15, -0.1) is 0 Å². The lowest BCUT2D eigenvalue weighted by atomic mass is 10.1. The molecule has 0 heterocycles. The fourth-order valence-electron chi connectivity index (χ4n) is 1.27. The zero-order valence-electron chi connectivity index (χ0n) is 9.33. The van der Waals surface area contributed by atoms with Gasteiger partial charge < -0.3 is 15.2 Å². The summed E-state index contributed by atoms with van der Waals surface area (Å²) in [5.74, 6) is -0.878. The highest BCUT2D eigenvalue weighted by Crippen LogP contribution is 2.26. The van der Waals surface area contributed by atoms with Gasteiger partial charge in [0.15, 0.2) is 0 Å². The fraction of sp³-hybridized carbons (Fsp3) is 0.273. The van der Waals surface area contributed by atoms with Crippen LogP contribution in [0.2, 0.25) is 0 Å². The number of phenolic OH excluding ortho intramolecular Hbond substituents is 1. The Labute approximate surface area is 93.0 Å². The number of ether oxygens (including phenoxy) is 1. The average molecular weight is 223 g/mol. The maximum atomic E-state index is 11.4. The molecule has 1 amide bonds. The van der Waals surface area contributed by atoms with E-state index >= 15 is 0 Å². The maximum Gasteiger partial charge on any atom is 0.339 e. The van der Waals surface area contributed by atoms with E-state index in [0.29, 0.717) is 5.56 Å². The van der Waals surface area contributed by atoms with Crippen molar-refractivity contribution in [3.05, 3.63) is 23.3 Å². The first-order valence-corrected chi connectivity index (χ1v) is 4.65. The van der Waals surface area contributed by atoms with E-state index in [4.69, 9.17) is 0 Å². The van der Waals surface area contributed by atoms with Crippen molar-refractivity contribution >= 4 is 17.6 Å². The Morgan fingerprint density at radius 1 is 1.38 bits per heavy atom. The van der Waals surface area contributed by atoms with Crippen LogP contribution in [-0.4, -0.2) is 24.1 Å². The number of rotatable bonds is 2. The van der Waals surface area contributed by atoms with Gasteiger partial charge >= 0.3 is 5.97 Å². The highest BCUT2D eigenvalue weighted by molar-refractivity contribution is 6.01. The summed E-state index contributed by atoms with van der Waals surface area (Å²) >= 11 is 0. The Hall–Kier alpha value is -2.04. The molecule has 0 bridgehead atoms. The van der Waals surface area contributed by atoms with Crippen molar-refractivity contribution in [3.8, 4) is 5.75 Å². The molecule has 86 valence electrons. The number of aromatic hydroxyl groups is 1. The number of nitrogens with one attached hydrogen (secondary N) is 1. The van der Waals surface area contributed by atoms with E-state index in [1.54, 1.807) is 6.92 Å². The first kappa shape index (κ1) is 12.0. The van der Waals surface area contributed by atoms with Crippen LogP contribution in [0.3, 0.4) is 0 Å².